The summed E-state index contributed by atoms with van der Waals surface area (Å²) in [6, 6.07) is 7.69. The predicted molar refractivity (Wildman–Crippen MR) is 64.9 cm³/mol. The van der Waals surface area contributed by atoms with Gasteiger partial charge in [-0.25, -0.2) is 4.39 Å². The predicted octanol–water partition coefficient (Wildman–Crippen LogP) is 3.15. The van der Waals surface area contributed by atoms with Crippen molar-refractivity contribution in [1.29, 1.82) is 0 Å². The number of benzene rings is 1. The fourth-order valence-corrected chi connectivity index (χ4v) is 2.54. The van der Waals surface area contributed by atoms with Crippen LogP contribution in [-0.2, 0) is 6.42 Å². The second-order valence-corrected chi connectivity index (χ2v) is 4.81. The van der Waals surface area contributed by atoms with Crippen LogP contribution in [0.25, 0.3) is 0 Å². The van der Waals surface area contributed by atoms with Gasteiger partial charge < -0.3 is 5.32 Å². The molecular weight excluding hydrogens is 201 g/mol. The van der Waals surface area contributed by atoms with Crippen LogP contribution in [0.3, 0.4) is 0 Å². The molecule has 1 saturated carbocycles. The molecule has 0 saturated heterocycles. The van der Waals surface area contributed by atoms with Gasteiger partial charge in [0.1, 0.15) is 5.82 Å². The maximum Gasteiger partial charge on any atom is 0.126 e. The van der Waals surface area contributed by atoms with Gasteiger partial charge >= 0.3 is 0 Å². The molecule has 88 valence electrons. The first-order valence-electron chi connectivity index (χ1n) is 6.24. The van der Waals surface area contributed by atoms with Crippen LogP contribution >= 0.6 is 0 Å². The third-order valence-corrected chi connectivity index (χ3v) is 3.62. The van der Waals surface area contributed by atoms with E-state index in [9.17, 15) is 4.39 Å². The molecule has 1 aromatic rings. The Kier molecular flexibility index (Phi) is 3.94. The molecule has 1 aliphatic carbocycles. The van der Waals surface area contributed by atoms with E-state index in [0.29, 0.717) is 6.04 Å². The fourth-order valence-electron chi connectivity index (χ4n) is 2.54. The summed E-state index contributed by atoms with van der Waals surface area (Å²) in [5.74, 6) is 0.699. The smallest absolute Gasteiger partial charge is 0.126 e. The first-order chi connectivity index (χ1) is 7.77. The normalized spacial score (nSPS) is 24.9. The van der Waals surface area contributed by atoms with Gasteiger partial charge in [-0.15, -0.1) is 0 Å². The lowest BCUT2D eigenvalue weighted by Crippen LogP contribution is -2.32. The minimum atomic E-state index is -0.0798. The Morgan fingerprint density at radius 2 is 2.12 bits per heavy atom. The van der Waals surface area contributed by atoms with E-state index >= 15 is 0 Å². The van der Waals surface area contributed by atoms with Gasteiger partial charge in [-0.3, -0.25) is 0 Å². The highest BCUT2D eigenvalue weighted by molar-refractivity contribution is 5.17. The fraction of sp³-hybridized carbons (Fsp3) is 0.571. The van der Waals surface area contributed by atoms with Gasteiger partial charge in [0.15, 0.2) is 0 Å². The zero-order chi connectivity index (χ0) is 11.4. The Morgan fingerprint density at radius 1 is 1.31 bits per heavy atom. The maximum absolute atomic E-state index is 13.3. The van der Waals surface area contributed by atoms with Crippen molar-refractivity contribution >= 4 is 0 Å². The van der Waals surface area contributed by atoms with Crippen molar-refractivity contribution in [3.63, 3.8) is 0 Å². The number of hydrogen-bond donors (Lipinski definition) is 1. The minimum Gasteiger partial charge on any atom is -0.313 e. The van der Waals surface area contributed by atoms with Crippen LogP contribution in [0.2, 0.25) is 0 Å². The van der Waals surface area contributed by atoms with Gasteiger partial charge in [-0.2, -0.15) is 0 Å². The van der Waals surface area contributed by atoms with Crippen molar-refractivity contribution in [3.05, 3.63) is 35.6 Å². The van der Waals surface area contributed by atoms with Crippen LogP contribution in [-0.4, -0.2) is 12.6 Å². The summed E-state index contributed by atoms with van der Waals surface area (Å²) in [6.07, 6.45) is 4.73. The molecule has 0 heterocycles. The molecule has 1 nitrogen and oxygen atoms in total. The van der Waals surface area contributed by atoms with Crippen molar-refractivity contribution in [3.8, 4) is 0 Å². The molecule has 2 heteroatoms. The first kappa shape index (κ1) is 11.6. The molecule has 2 rings (SSSR count). The van der Waals surface area contributed by atoms with E-state index in [-0.39, 0.29) is 5.82 Å². The Morgan fingerprint density at radius 3 is 2.81 bits per heavy atom. The minimum absolute atomic E-state index is 0.0798. The van der Waals surface area contributed by atoms with E-state index in [4.69, 9.17) is 0 Å². The standard InChI is InChI=1S/C14H20FN/c1-11-5-4-8-14(11)16-10-9-12-6-2-3-7-13(12)15/h2-3,6-7,11,14,16H,4-5,8-10H2,1H3. The van der Waals surface area contributed by atoms with E-state index < -0.39 is 0 Å². The van der Waals surface area contributed by atoms with Crippen LogP contribution < -0.4 is 5.32 Å². The maximum atomic E-state index is 13.3. The largest absolute Gasteiger partial charge is 0.313 e. The summed E-state index contributed by atoms with van der Waals surface area (Å²) in [5.41, 5.74) is 0.820. The average Bonchev–Trinajstić information content (AvgIpc) is 2.67. The summed E-state index contributed by atoms with van der Waals surface area (Å²) in [4.78, 5) is 0. The number of halogens is 1. The van der Waals surface area contributed by atoms with Crippen LogP contribution in [0.15, 0.2) is 24.3 Å². The lowest BCUT2D eigenvalue weighted by atomic mass is 10.1. The van der Waals surface area contributed by atoms with Crippen molar-refractivity contribution in [2.24, 2.45) is 5.92 Å². The Hall–Kier alpha value is -0.890. The third-order valence-electron chi connectivity index (χ3n) is 3.62. The molecule has 0 radical (unpaired) electrons. The van der Waals surface area contributed by atoms with Crippen LogP contribution in [0, 0.1) is 11.7 Å². The number of nitrogens with one attached hydrogen (secondary N) is 1. The second kappa shape index (κ2) is 5.44. The van der Waals surface area contributed by atoms with Crippen LogP contribution in [0.1, 0.15) is 31.7 Å². The highest BCUT2D eigenvalue weighted by Crippen LogP contribution is 2.24. The molecule has 0 spiro atoms. The zero-order valence-corrected chi connectivity index (χ0v) is 9.88. The molecule has 0 aromatic heterocycles. The van der Waals surface area contributed by atoms with E-state index in [1.54, 1.807) is 6.07 Å². The summed E-state index contributed by atoms with van der Waals surface area (Å²) >= 11 is 0. The zero-order valence-electron chi connectivity index (χ0n) is 9.88. The number of hydrogen-bond acceptors (Lipinski definition) is 1. The molecule has 2 unspecified atom stereocenters. The van der Waals surface area contributed by atoms with Crippen molar-refractivity contribution in [1.82, 2.24) is 5.32 Å². The van der Waals surface area contributed by atoms with Gasteiger partial charge in [-0.05, 0) is 43.4 Å². The van der Waals surface area contributed by atoms with Crippen LogP contribution in [0.5, 0.6) is 0 Å². The number of rotatable bonds is 4. The van der Waals surface area contributed by atoms with E-state index in [2.05, 4.69) is 12.2 Å². The summed E-state index contributed by atoms with van der Waals surface area (Å²) < 4.78 is 13.3. The average molecular weight is 221 g/mol. The van der Waals surface area contributed by atoms with E-state index in [0.717, 1.165) is 24.4 Å². The molecule has 1 N–H and O–H groups in total. The van der Waals surface area contributed by atoms with E-state index in [1.165, 1.54) is 25.3 Å². The van der Waals surface area contributed by atoms with Gasteiger partial charge in [0.05, 0.1) is 0 Å². The molecule has 0 bridgehead atoms. The Labute approximate surface area is 97.1 Å². The topological polar surface area (TPSA) is 12.0 Å². The first-order valence-corrected chi connectivity index (χ1v) is 6.24. The quantitative estimate of drug-likeness (QED) is 0.823. The van der Waals surface area contributed by atoms with Gasteiger partial charge in [-0.1, -0.05) is 31.5 Å². The van der Waals surface area contributed by atoms with Gasteiger partial charge in [0.2, 0.25) is 0 Å². The SMILES string of the molecule is CC1CCCC1NCCc1ccccc1F. The molecule has 1 fully saturated rings. The van der Waals surface area contributed by atoms with Gasteiger partial charge in [0.25, 0.3) is 0 Å². The van der Waals surface area contributed by atoms with Crippen molar-refractivity contribution in [2.75, 3.05) is 6.54 Å². The molecular formula is C14H20FN. The lowest BCUT2D eigenvalue weighted by molar-refractivity contribution is 0.428. The highest BCUT2D eigenvalue weighted by atomic mass is 19.1. The molecule has 1 aromatic carbocycles. The van der Waals surface area contributed by atoms with Crippen LogP contribution in [0.4, 0.5) is 4.39 Å². The van der Waals surface area contributed by atoms with Crippen molar-refractivity contribution < 1.29 is 4.39 Å². The molecule has 2 atom stereocenters. The molecule has 1 aliphatic rings. The Bertz CT molecular complexity index is 337. The molecule has 0 aliphatic heterocycles. The molecule has 16 heavy (non-hydrogen) atoms. The van der Waals surface area contributed by atoms with E-state index in [1.807, 2.05) is 12.1 Å². The summed E-state index contributed by atoms with van der Waals surface area (Å²) in [5, 5.41) is 3.54. The highest BCUT2D eigenvalue weighted by Gasteiger charge is 2.22. The second-order valence-electron chi connectivity index (χ2n) is 4.81. The molecule has 0 amide bonds. The third kappa shape index (κ3) is 2.82. The monoisotopic (exact) mass is 221 g/mol. The summed E-state index contributed by atoms with van der Waals surface area (Å²) in [6.45, 7) is 3.18. The van der Waals surface area contributed by atoms with Crippen molar-refractivity contribution in [2.45, 2.75) is 38.6 Å². The van der Waals surface area contributed by atoms with Gasteiger partial charge in [0, 0.05) is 6.04 Å². The summed E-state index contributed by atoms with van der Waals surface area (Å²) in [7, 11) is 0. The Balaban J connectivity index is 1.78. The lowest BCUT2D eigenvalue weighted by Gasteiger charge is -2.17.